The summed E-state index contributed by atoms with van der Waals surface area (Å²) in [5, 5.41) is 3.00. The summed E-state index contributed by atoms with van der Waals surface area (Å²) >= 11 is 1.17. The Morgan fingerprint density at radius 1 is 1.15 bits per heavy atom. The molecule has 0 saturated carbocycles. The van der Waals surface area contributed by atoms with Crippen molar-refractivity contribution in [1.82, 2.24) is 9.29 Å². The van der Waals surface area contributed by atoms with Crippen molar-refractivity contribution in [3.05, 3.63) is 53.8 Å². The van der Waals surface area contributed by atoms with E-state index in [9.17, 15) is 17.6 Å². The summed E-state index contributed by atoms with van der Waals surface area (Å²) in [6, 6.07) is 9.95. The largest absolute Gasteiger partial charge is 0.298 e. The standard InChI is InChI=1S/C18H18FN3O3S2/c1-3-22(4-2)27(24,25)14-8-5-12(6-9-14)17(23)21-18-20-15-10-7-13(19)11-16(15)26-18/h5-11H,3-4H2,1-2H3,(H,20,21,23). The van der Waals surface area contributed by atoms with Gasteiger partial charge in [0, 0.05) is 18.7 Å². The van der Waals surface area contributed by atoms with E-state index in [1.165, 1.54) is 52.0 Å². The van der Waals surface area contributed by atoms with E-state index in [4.69, 9.17) is 0 Å². The third-order valence-electron chi connectivity index (χ3n) is 4.03. The smallest absolute Gasteiger partial charge is 0.257 e. The predicted molar refractivity (Wildman–Crippen MR) is 104 cm³/mol. The van der Waals surface area contributed by atoms with Gasteiger partial charge in [0.1, 0.15) is 5.82 Å². The number of nitrogens with zero attached hydrogens (tertiary/aromatic N) is 2. The van der Waals surface area contributed by atoms with Crippen LogP contribution in [0.4, 0.5) is 9.52 Å². The molecule has 2 aromatic carbocycles. The van der Waals surface area contributed by atoms with Gasteiger partial charge in [0.05, 0.1) is 15.1 Å². The molecule has 0 bridgehead atoms. The van der Waals surface area contributed by atoms with Gasteiger partial charge in [0.2, 0.25) is 10.0 Å². The summed E-state index contributed by atoms with van der Waals surface area (Å²) in [6.45, 7) is 4.29. The van der Waals surface area contributed by atoms with Crippen LogP contribution in [0.2, 0.25) is 0 Å². The molecule has 0 aliphatic heterocycles. The van der Waals surface area contributed by atoms with Crippen LogP contribution in [0.3, 0.4) is 0 Å². The van der Waals surface area contributed by atoms with Crippen LogP contribution in [0, 0.1) is 5.82 Å². The van der Waals surface area contributed by atoms with Crippen molar-refractivity contribution < 1.29 is 17.6 Å². The van der Waals surface area contributed by atoms with E-state index in [-0.39, 0.29) is 10.7 Å². The molecule has 0 spiro atoms. The summed E-state index contributed by atoms with van der Waals surface area (Å²) in [4.78, 5) is 16.8. The first-order valence-corrected chi connectivity index (χ1v) is 10.6. The third-order valence-corrected chi connectivity index (χ3v) is 7.03. The van der Waals surface area contributed by atoms with E-state index >= 15 is 0 Å². The average Bonchev–Trinajstić information content (AvgIpc) is 3.03. The maximum absolute atomic E-state index is 13.3. The number of benzene rings is 2. The minimum Gasteiger partial charge on any atom is -0.298 e. The van der Waals surface area contributed by atoms with Crippen molar-refractivity contribution in [1.29, 1.82) is 0 Å². The molecular weight excluding hydrogens is 389 g/mol. The zero-order valence-electron chi connectivity index (χ0n) is 14.8. The summed E-state index contributed by atoms with van der Waals surface area (Å²) in [7, 11) is -3.57. The van der Waals surface area contributed by atoms with Crippen LogP contribution in [0.5, 0.6) is 0 Å². The number of thiazole rings is 1. The number of anilines is 1. The number of carbonyl (C=O) groups is 1. The second-order valence-electron chi connectivity index (χ2n) is 5.70. The van der Waals surface area contributed by atoms with Crippen LogP contribution in [-0.4, -0.2) is 36.7 Å². The lowest BCUT2D eigenvalue weighted by atomic mass is 10.2. The van der Waals surface area contributed by atoms with Crippen molar-refractivity contribution in [3.63, 3.8) is 0 Å². The summed E-state index contributed by atoms with van der Waals surface area (Å²) in [5.74, 6) is -0.782. The van der Waals surface area contributed by atoms with Gasteiger partial charge in [-0.1, -0.05) is 25.2 Å². The Kier molecular flexibility index (Phi) is 5.54. The lowest BCUT2D eigenvalue weighted by molar-refractivity contribution is 0.102. The fraction of sp³-hybridized carbons (Fsp3) is 0.222. The van der Waals surface area contributed by atoms with Crippen LogP contribution in [-0.2, 0) is 10.0 Å². The number of carbonyl (C=O) groups excluding carboxylic acids is 1. The fourth-order valence-corrected chi connectivity index (χ4v) is 4.96. The predicted octanol–water partition coefficient (Wildman–Crippen LogP) is 3.72. The number of rotatable bonds is 6. The van der Waals surface area contributed by atoms with E-state index in [0.717, 1.165) is 0 Å². The number of hydrogen-bond acceptors (Lipinski definition) is 5. The number of hydrogen-bond donors (Lipinski definition) is 1. The summed E-state index contributed by atoms with van der Waals surface area (Å²) in [6.07, 6.45) is 0. The molecule has 9 heteroatoms. The Hall–Kier alpha value is -2.36. The third kappa shape index (κ3) is 4.00. The van der Waals surface area contributed by atoms with Crippen LogP contribution in [0.25, 0.3) is 10.2 Å². The first kappa shape index (κ1) is 19.4. The SMILES string of the molecule is CCN(CC)S(=O)(=O)c1ccc(C(=O)Nc2nc3ccc(F)cc3s2)cc1. The van der Waals surface area contributed by atoms with Crippen molar-refractivity contribution in [3.8, 4) is 0 Å². The van der Waals surface area contributed by atoms with Gasteiger partial charge in [-0.05, 0) is 42.5 Å². The highest BCUT2D eigenvalue weighted by Crippen LogP contribution is 2.27. The number of nitrogens with one attached hydrogen (secondary N) is 1. The van der Waals surface area contributed by atoms with Crippen molar-refractivity contribution in [2.45, 2.75) is 18.7 Å². The fourth-order valence-electron chi connectivity index (χ4n) is 2.61. The highest BCUT2D eigenvalue weighted by Gasteiger charge is 2.21. The Balaban J connectivity index is 1.79. The minimum absolute atomic E-state index is 0.137. The molecule has 1 aromatic heterocycles. The zero-order chi connectivity index (χ0) is 19.6. The molecule has 3 aromatic rings. The lowest BCUT2D eigenvalue weighted by Crippen LogP contribution is -2.30. The molecule has 1 N–H and O–H groups in total. The highest BCUT2D eigenvalue weighted by molar-refractivity contribution is 7.89. The molecule has 1 heterocycles. The summed E-state index contributed by atoms with van der Waals surface area (Å²) < 4.78 is 40.2. The van der Waals surface area contributed by atoms with Crippen molar-refractivity contribution in [2.24, 2.45) is 0 Å². The van der Waals surface area contributed by atoms with Gasteiger partial charge < -0.3 is 0 Å². The average molecular weight is 407 g/mol. The highest BCUT2D eigenvalue weighted by atomic mass is 32.2. The van der Waals surface area contributed by atoms with Crippen LogP contribution >= 0.6 is 11.3 Å². The maximum Gasteiger partial charge on any atom is 0.257 e. The molecule has 142 valence electrons. The molecule has 0 aliphatic rings. The summed E-state index contributed by atoms with van der Waals surface area (Å²) in [5.41, 5.74) is 0.899. The molecule has 27 heavy (non-hydrogen) atoms. The molecule has 0 saturated heterocycles. The second-order valence-corrected chi connectivity index (χ2v) is 8.67. The van der Waals surface area contributed by atoms with Gasteiger partial charge in [-0.2, -0.15) is 4.31 Å². The van der Waals surface area contributed by atoms with E-state index < -0.39 is 15.9 Å². The zero-order valence-corrected chi connectivity index (χ0v) is 16.4. The van der Waals surface area contributed by atoms with Gasteiger partial charge in [-0.25, -0.2) is 17.8 Å². The Morgan fingerprint density at radius 2 is 1.81 bits per heavy atom. The van der Waals surface area contributed by atoms with Gasteiger partial charge >= 0.3 is 0 Å². The van der Waals surface area contributed by atoms with E-state index in [0.29, 0.717) is 34.0 Å². The Morgan fingerprint density at radius 3 is 2.44 bits per heavy atom. The minimum atomic E-state index is -3.57. The molecule has 3 rings (SSSR count). The van der Waals surface area contributed by atoms with E-state index in [2.05, 4.69) is 10.3 Å². The Labute approximate surface area is 160 Å². The molecule has 0 fully saturated rings. The lowest BCUT2D eigenvalue weighted by Gasteiger charge is -2.18. The van der Waals surface area contributed by atoms with Crippen LogP contribution in [0.1, 0.15) is 24.2 Å². The van der Waals surface area contributed by atoms with Crippen LogP contribution in [0.15, 0.2) is 47.4 Å². The maximum atomic E-state index is 13.3. The molecule has 0 aliphatic carbocycles. The number of amides is 1. The normalized spacial score (nSPS) is 11.9. The molecule has 0 radical (unpaired) electrons. The second kappa shape index (κ2) is 7.71. The number of aromatic nitrogens is 1. The first-order valence-electron chi connectivity index (χ1n) is 8.32. The molecule has 0 atom stereocenters. The van der Waals surface area contributed by atoms with Gasteiger partial charge in [0.15, 0.2) is 5.13 Å². The van der Waals surface area contributed by atoms with Crippen molar-refractivity contribution >= 4 is 42.6 Å². The number of sulfonamides is 1. The van der Waals surface area contributed by atoms with E-state index in [1.54, 1.807) is 19.9 Å². The molecule has 0 unspecified atom stereocenters. The monoisotopic (exact) mass is 407 g/mol. The molecule has 6 nitrogen and oxygen atoms in total. The van der Waals surface area contributed by atoms with Gasteiger partial charge in [-0.3, -0.25) is 10.1 Å². The topological polar surface area (TPSA) is 79.4 Å². The van der Waals surface area contributed by atoms with Crippen molar-refractivity contribution in [2.75, 3.05) is 18.4 Å². The number of halogens is 1. The quantitative estimate of drug-likeness (QED) is 0.675. The van der Waals surface area contributed by atoms with Crippen LogP contribution < -0.4 is 5.32 Å². The number of fused-ring (bicyclic) bond motifs is 1. The molecular formula is C18H18FN3O3S2. The van der Waals surface area contributed by atoms with Gasteiger partial charge in [-0.15, -0.1) is 0 Å². The molecule has 1 amide bonds. The Bertz CT molecular complexity index is 1070. The first-order chi connectivity index (χ1) is 12.8. The van der Waals surface area contributed by atoms with Gasteiger partial charge in [0.25, 0.3) is 5.91 Å². The van der Waals surface area contributed by atoms with E-state index in [1.807, 2.05) is 0 Å².